The number of nitrogens with zero attached hydrogens (tertiary/aromatic N) is 1. The van der Waals surface area contributed by atoms with Crippen LogP contribution in [-0.4, -0.2) is 11.7 Å². The van der Waals surface area contributed by atoms with Gasteiger partial charge < -0.3 is 10.4 Å². The highest BCUT2D eigenvalue weighted by Crippen LogP contribution is 2.26. The Kier molecular flexibility index (Phi) is 4.86. The Morgan fingerprint density at radius 2 is 2.00 bits per heavy atom. The largest absolute Gasteiger partial charge is 0.387 e. The standard InChI is InChI=1S/C15H12Cl2N2O/c16-11-4-5-14(17)13(7-11)15(20)9-19-12-3-1-2-10(6-12)8-18/h1-7,15,19-20H,9H2. The summed E-state index contributed by atoms with van der Waals surface area (Å²) in [5.41, 5.74) is 1.90. The topological polar surface area (TPSA) is 56.0 Å². The molecule has 3 nitrogen and oxygen atoms in total. The molecule has 0 aliphatic heterocycles. The highest BCUT2D eigenvalue weighted by Gasteiger charge is 2.12. The third-order valence-corrected chi connectivity index (χ3v) is 3.39. The normalized spacial score (nSPS) is 11.7. The molecule has 0 heterocycles. The second-order valence-corrected chi connectivity index (χ2v) is 5.10. The molecule has 0 fully saturated rings. The minimum absolute atomic E-state index is 0.273. The van der Waals surface area contributed by atoms with E-state index < -0.39 is 6.10 Å². The van der Waals surface area contributed by atoms with E-state index in [1.54, 1.807) is 36.4 Å². The summed E-state index contributed by atoms with van der Waals surface area (Å²) in [5.74, 6) is 0. The lowest BCUT2D eigenvalue weighted by molar-refractivity contribution is 0.192. The van der Waals surface area contributed by atoms with Gasteiger partial charge in [0.25, 0.3) is 0 Å². The summed E-state index contributed by atoms with van der Waals surface area (Å²) in [6.07, 6.45) is -0.785. The van der Waals surface area contributed by atoms with Gasteiger partial charge in [-0.15, -0.1) is 0 Å². The molecule has 0 radical (unpaired) electrons. The molecule has 0 spiro atoms. The number of nitrogens with one attached hydrogen (secondary N) is 1. The second kappa shape index (κ2) is 6.62. The fourth-order valence-electron chi connectivity index (χ4n) is 1.79. The van der Waals surface area contributed by atoms with Crippen molar-refractivity contribution >= 4 is 28.9 Å². The van der Waals surface area contributed by atoms with E-state index >= 15 is 0 Å². The first-order chi connectivity index (χ1) is 9.60. The van der Waals surface area contributed by atoms with Crippen molar-refractivity contribution in [3.63, 3.8) is 0 Å². The van der Waals surface area contributed by atoms with Crippen molar-refractivity contribution in [1.29, 1.82) is 5.26 Å². The van der Waals surface area contributed by atoms with Crippen molar-refractivity contribution < 1.29 is 5.11 Å². The summed E-state index contributed by atoms with van der Waals surface area (Å²) in [7, 11) is 0. The van der Waals surface area contributed by atoms with E-state index in [2.05, 4.69) is 11.4 Å². The molecule has 0 amide bonds. The maximum Gasteiger partial charge on any atom is 0.0992 e. The number of rotatable bonds is 4. The van der Waals surface area contributed by atoms with E-state index in [1.165, 1.54) is 0 Å². The molecule has 2 rings (SSSR count). The molecule has 2 N–H and O–H groups in total. The molecule has 0 aliphatic carbocycles. The monoisotopic (exact) mass is 306 g/mol. The van der Waals surface area contributed by atoms with Crippen LogP contribution in [0.3, 0.4) is 0 Å². The number of hydrogen-bond acceptors (Lipinski definition) is 3. The van der Waals surface area contributed by atoms with Crippen molar-refractivity contribution in [3.8, 4) is 6.07 Å². The molecule has 0 aliphatic rings. The Balaban J connectivity index is 2.06. The predicted octanol–water partition coefficient (Wildman–Crippen LogP) is 4.01. The third-order valence-electron chi connectivity index (χ3n) is 2.81. The summed E-state index contributed by atoms with van der Waals surface area (Å²) in [4.78, 5) is 0. The Hall–Kier alpha value is -1.73. The number of benzene rings is 2. The van der Waals surface area contributed by atoms with Crippen molar-refractivity contribution in [2.75, 3.05) is 11.9 Å². The van der Waals surface area contributed by atoms with Crippen LogP contribution in [0.5, 0.6) is 0 Å². The number of nitriles is 1. The number of aliphatic hydroxyl groups excluding tert-OH is 1. The molecular weight excluding hydrogens is 295 g/mol. The van der Waals surface area contributed by atoms with Gasteiger partial charge in [-0.05, 0) is 36.4 Å². The summed E-state index contributed by atoms with van der Waals surface area (Å²) in [5, 5.41) is 23.0. The molecule has 5 heteroatoms. The average molecular weight is 307 g/mol. The zero-order chi connectivity index (χ0) is 14.5. The van der Waals surface area contributed by atoms with Gasteiger partial charge in [-0.2, -0.15) is 5.26 Å². The van der Waals surface area contributed by atoms with Crippen molar-refractivity contribution in [2.45, 2.75) is 6.10 Å². The number of aliphatic hydroxyl groups is 1. The number of halogens is 2. The summed E-state index contributed by atoms with van der Waals surface area (Å²) < 4.78 is 0. The molecule has 0 saturated carbocycles. The Bertz CT molecular complexity index is 653. The molecule has 0 bridgehead atoms. The smallest absolute Gasteiger partial charge is 0.0992 e. The SMILES string of the molecule is N#Cc1cccc(NCC(O)c2cc(Cl)ccc2Cl)c1. The maximum absolute atomic E-state index is 10.1. The van der Waals surface area contributed by atoms with E-state index in [4.69, 9.17) is 28.5 Å². The minimum Gasteiger partial charge on any atom is -0.387 e. The maximum atomic E-state index is 10.1. The van der Waals surface area contributed by atoms with Crippen LogP contribution in [-0.2, 0) is 0 Å². The lowest BCUT2D eigenvalue weighted by atomic mass is 10.1. The summed E-state index contributed by atoms with van der Waals surface area (Å²) in [6.45, 7) is 0.273. The van der Waals surface area contributed by atoms with E-state index in [0.29, 0.717) is 21.2 Å². The summed E-state index contributed by atoms with van der Waals surface area (Å²) >= 11 is 11.9. The third kappa shape index (κ3) is 3.64. The zero-order valence-electron chi connectivity index (χ0n) is 10.5. The van der Waals surface area contributed by atoms with Gasteiger partial charge in [0.05, 0.1) is 17.7 Å². The van der Waals surface area contributed by atoms with Gasteiger partial charge in [0.2, 0.25) is 0 Å². The molecule has 2 aromatic carbocycles. The average Bonchev–Trinajstić information content (AvgIpc) is 2.47. The lowest BCUT2D eigenvalue weighted by Gasteiger charge is -2.15. The van der Waals surface area contributed by atoms with Crippen LogP contribution >= 0.6 is 23.2 Å². The van der Waals surface area contributed by atoms with Gasteiger partial charge >= 0.3 is 0 Å². The van der Waals surface area contributed by atoms with Crippen molar-refractivity contribution in [3.05, 3.63) is 63.6 Å². The van der Waals surface area contributed by atoms with Gasteiger partial charge in [-0.1, -0.05) is 29.3 Å². The van der Waals surface area contributed by atoms with Crippen LogP contribution in [0.1, 0.15) is 17.2 Å². The Morgan fingerprint density at radius 3 is 2.75 bits per heavy atom. The zero-order valence-corrected chi connectivity index (χ0v) is 12.0. The Labute approximate surface area is 127 Å². The van der Waals surface area contributed by atoms with E-state index in [9.17, 15) is 5.11 Å². The van der Waals surface area contributed by atoms with Gasteiger partial charge in [-0.25, -0.2) is 0 Å². The first kappa shape index (κ1) is 14.7. The van der Waals surface area contributed by atoms with Crippen LogP contribution in [0, 0.1) is 11.3 Å². The second-order valence-electron chi connectivity index (χ2n) is 4.26. The Morgan fingerprint density at radius 1 is 1.20 bits per heavy atom. The van der Waals surface area contributed by atoms with E-state index in [0.717, 1.165) is 5.69 Å². The first-order valence-corrected chi connectivity index (χ1v) is 6.73. The molecular formula is C15H12Cl2N2O. The van der Waals surface area contributed by atoms with Crippen LogP contribution in [0.4, 0.5) is 5.69 Å². The van der Waals surface area contributed by atoms with Crippen LogP contribution < -0.4 is 5.32 Å². The molecule has 2 aromatic rings. The fourth-order valence-corrected chi connectivity index (χ4v) is 2.22. The van der Waals surface area contributed by atoms with Gasteiger partial charge in [0.15, 0.2) is 0 Å². The lowest BCUT2D eigenvalue weighted by Crippen LogP contribution is -2.12. The van der Waals surface area contributed by atoms with Crippen LogP contribution in [0.2, 0.25) is 10.0 Å². The molecule has 1 unspecified atom stereocenters. The highest BCUT2D eigenvalue weighted by atomic mass is 35.5. The van der Waals surface area contributed by atoms with Crippen LogP contribution in [0.15, 0.2) is 42.5 Å². The quantitative estimate of drug-likeness (QED) is 0.897. The molecule has 0 saturated heterocycles. The number of anilines is 1. The van der Waals surface area contributed by atoms with Gasteiger partial charge in [-0.3, -0.25) is 0 Å². The van der Waals surface area contributed by atoms with Crippen LogP contribution in [0.25, 0.3) is 0 Å². The molecule has 1 atom stereocenters. The van der Waals surface area contributed by atoms with E-state index in [-0.39, 0.29) is 6.54 Å². The van der Waals surface area contributed by atoms with Gasteiger partial charge in [0.1, 0.15) is 0 Å². The molecule has 0 aromatic heterocycles. The molecule has 20 heavy (non-hydrogen) atoms. The van der Waals surface area contributed by atoms with E-state index in [1.807, 2.05) is 6.07 Å². The first-order valence-electron chi connectivity index (χ1n) is 5.97. The molecule has 102 valence electrons. The minimum atomic E-state index is -0.785. The number of hydrogen-bond donors (Lipinski definition) is 2. The predicted molar refractivity (Wildman–Crippen MR) is 81.1 cm³/mol. The van der Waals surface area contributed by atoms with Crippen molar-refractivity contribution in [2.24, 2.45) is 0 Å². The van der Waals surface area contributed by atoms with Gasteiger partial charge in [0, 0.05) is 27.8 Å². The summed E-state index contributed by atoms with van der Waals surface area (Å²) in [6, 6.07) is 14.1. The highest BCUT2D eigenvalue weighted by molar-refractivity contribution is 6.33. The van der Waals surface area contributed by atoms with Crippen molar-refractivity contribution in [1.82, 2.24) is 0 Å². The fraction of sp³-hybridized carbons (Fsp3) is 0.133.